The molecule has 0 saturated heterocycles. The summed E-state index contributed by atoms with van der Waals surface area (Å²) in [5, 5.41) is 2.64. The maximum Gasteiger partial charge on any atom is 0.292 e. The minimum atomic E-state index is -0.538. The highest BCUT2D eigenvalue weighted by atomic mass is 16.2. The average Bonchev–Trinajstić information content (AvgIpc) is 2.26. The molecule has 0 atom stereocenters. The number of aryl methyl sites for hydroxylation is 1. The molecule has 0 aromatic heterocycles. The molecule has 3 nitrogen and oxygen atoms in total. The van der Waals surface area contributed by atoms with Crippen molar-refractivity contribution in [2.75, 3.05) is 0 Å². The van der Waals surface area contributed by atoms with E-state index in [1.54, 1.807) is 0 Å². The number of benzene rings is 1. The molecule has 104 valence electrons. The zero-order chi connectivity index (χ0) is 14.8. The summed E-state index contributed by atoms with van der Waals surface area (Å²) < 4.78 is 0. The number of hydrogen-bond acceptors (Lipinski definition) is 2. The number of carbonyl (C=O) groups is 2. The highest BCUT2D eigenvalue weighted by Crippen LogP contribution is 2.24. The van der Waals surface area contributed by atoms with Gasteiger partial charge in [0, 0.05) is 11.6 Å². The maximum atomic E-state index is 12.2. The summed E-state index contributed by atoms with van der Waals surface area (Å²) in [5.41, 5.74) is 2.33. The van der Waals surface area contributed by atoms with Crippen LogP contribution in [0.4, 0.5) is 0 Å². The van der Waals surface area contributed by atoms with Crippen LogP contribution in [-0.4, -0.2) is 17.7 Å². The molecular formula is C16H23NO2. The quantitative estimate of drug-likeness (QED) is 0.671. The van der Waals surface area contributed by atoms with Crippen LogP contribution in [0.5, 0.6) is 0 Å². The van der Waals surface area contributed by atoms with E-state index >= 15 is 0 Å². The number of ketones is 1. The van der Waals surface area contributed by atoms with Crippen molar-refractivity contribution in [2.24, 2.45) is 0 Å². The van der Waals surface area contributed by atoms with Crippen LogP contribution >= 0.6 is 0 Å². The third-order valence-corrected chi connectivity index (χ3v) is 2.97. The zero-order valence-corrected chi connectivity index (χ0v) is 12.6. The average molecular weight is 261 g/mol. The fraction of sp³-hybridized carbons (Fsp3) is 0.500. The summed E-state index contributed by atoms with van der Waals surface area (Å²) in [6, 6.07) is 5.70. The molecule has 0 aliphatic heterocycles. The SMILES string of the molecule is Cc1ccc(C(C)(C)C)cc1C(=O)C(=O)NC(C)C. The van der Waals surface area contributed by atoms with Crippen LogP contribution in [0.25, 0.3) is 0 Å². The van der Waals surface area contributed by atoms with Gasteiger partial charge in [-0.25, -0.2) is 0 Å². The Labute approximate surface area is 115 Å². The van der Waals surface area contributed by atoms with Crippen LogP contribution in [0.2, 0.25) is 0 Å². The summed E-state index contributed by atoms with van der Waals surface area (Å²) in [6.07, 6.45) is 0. The zero-order valence-electron chi connectivity index (χ0n) is 12.6. The third-order valence-electron chi connectivity index (χ3n) is 2.97. The molecule has 3 heteroatoms. The van der Waals surface area contributed by atoms with E-state index < -0.39 is 11.7 Å². The van der Waals surface area contributed by atoms with Gasteiger partial charge in [-0.2, -0.15) is 0 Å². The van der Waals surface area contributed by atoms with Crippen LogP contribution in [0.1, 0.15) is 56.1 Å². The van der Waals surface area contributed by atoms with Crippen molar-refractivity contribution in [3.8, 4) is 0 Å². The molecule has 0 radical (unpaired) electrons. The molecule has 0 saturated carbocycles. The van der Waals surface area contributed by atoms with E-state index in [0.717, 1.165) is 11.1 Å². The van der Waals surface area contributed by atoms with Gasteiger partial charge in [0.25, 0.3) is 5.91 Å². The molecule has 0 fully saturated rings. The van der Waals surface area contributed by atoms with Crippen molar-refractivity contribution < 1.29 is 9.59 Å². The largest absolute Gasteiger partial charge is 0.347 e. The van der Waals surface area contributed by atoms with E-state index in [1.807, 2.05) is 39.0 Å². The van der Waals surface area contributed by atoms with Crippen molar-refractivity contribution >= 4 is 11.7 Å². The Hall–Kier alpha value is -1.64. The second-order valence-electron chi connectivity index (χ2n) is 6.24. The van der Waals surface area contributed by atoms with Gasteiger partial charge < -0.3 is 5.32 Å². The van der Waals surface area contributed by atoms with Crippen molar-refractivity contribution in [3.05, 3.63) is 34.9 Å². The monoisotopic (exact) mass is 261 g/mol. The van der Waals surface area contributed by atoms with E-state index in [4.69, 9.17) is 0 Å². The van der Waals surface area contributed by atoms with E-state index in [-0.39, 0.29) is 11.5 Å². The lowest BCUT2D eigenvalue weighted by atomic mass is 9.84. The molecule has 0 unspecified atom stereocenters. The predicted octanol–water partition coefficient (Wildman–Crippen LogP) is 3.00. The van der Waals surface area contributed by atoms with E-state index in [9.17, 15) is 9.59 Å². The molecule has 1 amide bonds. The molecular weight excluding hydrogens is 238 g/mol. The molecule has 1 N–H and O–H groups in total. The molecule has 0 bridgehead atoms. The molecule has 0 heterocycles. The summed E-state index contributed by atoms with van der Waals surface area (Å²) in [5.74, 6) is -0.999. The highest BCUT2D eigenvalue weighted by Gasteiger charge is 2.21. The predicted molar refractivity (Wildman–Crippen MR) is 77.5 cm³/mol. The Morgan fingerprint density at radius 1 is 1.16 bits per heavy atom. The lowest BCUT2D eigenvalue weighted by Gasteiger charge is -2.20. The van der Waals surface area contributed by atoms with Crippen LogP contribution in [0.15, 0.2) is 18.2 Å². The minimum absolute atomic E-state index is 0.0393. The number of rotatable bonds is 3. The lowest BCUT2D eigenvalue weighted by molar-refractivity contribution is -0.117. The van der Waals surface area contributed by atoms with Gasteiger partial charge in [0.05, 0.1) is 0 Å². The first kappa shape index (κ1) is 15.4. The van der Waals surface area contributed by atoms with Gasteiger partial charge in [-0.3, -0.25) is 9.59 Å². The van der Waals surface area contributed by atoms with E-state index in [0.29, 0.717) is 5.56 Å². The van der Waals surface area contributed by atoms with Crippen LogP contribution < -0.4 is 5.32 Å². The Balaban J connectivity index is 3.13. The third kappa shape index (κ3) is 3.91. The second kappa shape index (κ2) is 5.55. The van der Waals surface area contributed by atoms with Gasteiger partial charge in [-0.1, -0.05) is 32.9 Å². The van der Waals surface area contributed by atoms with E-state index in [2.05, 4.69) is 26.1 Å². The fourth-order valence-electron chi connectivity index (χ4n) is 1.78. The molecule has 19 heavy (non-hydrogen) atoms. The van der Waals surface area contributed by atoms with Crippen molar-refractivity contribution in [1.82, 2.24) is 5.32 Å². The number of carbonyl (C=O) groups excluding carboxylic acids is 2. The number of Topliss-reactive ketones (excluding diaryl/α,β-unsaturated/α-hetero) is 1. The first-order valence-corrected chi connectivity index (χ1v) is 6.59. The van der Waals surface area contributed by atoms with Crippen LogP contribution in [-0.2, 0) is 10.2 Å². The minimum Gasteiger partial charge on any atom is -0.347 e. The Bertz CT molecular complexity index is 496. The second-order valence-corrected chi connectivity index (χ2v) is 6.24. The fourth-order valence-corrected chi connectivity index (χ4v) is 1.78. The normalized spacial score (nSPS) is 11.5. The van der Waals surface area contributed by atoms with Crippen LogP contribution in [0.3, 0.4) is 0 Å². The topological polar surface area (TPSA) is 46.2 Å². The van der Waals surface area contributed by atoms with Gasteiger partial charge >= 0.3 is 0 Å². The van der Waals surface area contributed by atoms with Gasteiger partial charge in [0.2, 0.25) is 5.78 Å². The molecule has 1 aromatic carbocycles. The molecule has 0 aliphatic rings. The summed E-state index contributed by atoms with van der Waals surface area (Å²) in [6.45, 7) is 11.8. The number of hydrogen-bond donors (Lipinski definition) is 1. The summed E-state index contributed by atoms with van der Waals surface area (Å²) in [7, 11) is 0. The number of amides is 1. The Morgan fingerprint density at radius 3 is 2.21 bits per heavy atom. The summed E-state index contributed by atoms with van der Waals surface area (Å²) >= 11 is 0. The molecule has 1 aromatic rings. The standard InChI is InChI=1S/C16H23NO2/c1-10(2)17-15(19)14(18)13-9-12(16(4,5)6)8-7-11(13)3/h7-10H,1-6H3,(H,17,19). The highest BCUT2D eigenvalue weighted by molar-refractivity contribution is 6.43. The summed E-state index contributed by atoms with van der Waals surface area (Å²) in [4.78, 5) is 24.0. The lowest BCUT2D eigenvalue weighted by Crippen LogP contribution is -2.36. The van der Waals surface area contributed by atoms with Gasteiger partial charge in [0.15, 0.2) is 0 Å². The van der Waals surface area contributed by atoms with Crippen molar-refractivity contribution in [3.63, 3.8) is 0 Å². The first-order valence-electron chi connectivity index (χ1n) is 6.59. The Kier molecular flexibility index (Phi) is 4.51. The van der Waals surface area contributed by atoms with Crippen molar-refractivity contribution in [2.45, 2.75) is 53.0 Å². The molecule has 0 spiro atoms. The maximum absolute atomic E-state index is 12.2. The first-order chi connectivity index (χ1) is 8.62. The van der Waals surface area contributed by atoms with Crippen molar-refractivity contribution in [1.29, 1.82) is 0 Å². The van der Waals surface area contributed by atoms with Gasteiger partial charge in [-0.05, 0) is 43.4 Å². The van der Waals surface area contributed by atoms with E-state index in [1.165, 1.54) is 0 Å². The number of nitrogens with one attached hydrogen (secondary N) is 1. The Morgan fingerprint density at radius 2 is 1.74 bits per heavy atom. The molecule has 1 rings (SSSR count). The molecule has 0 aliphatic carbocycles. The van der Waals surface area contributed by atoms with Gasteiger partial charge in [-0.15, -0.1) is 0 Å². The van der Waals surface area contributed by atoms with Gasteiger partial charge in [0.1, 0.15) is 0 Å². The smallest absolute Gasteiger partial charge is 0.292 e. The van der Waals surface area contributed by atoms with Crippen LogP contribution in [0, 0.1) is 6.92 Å².